The largest absolute Gasteiger partial charge is 0.490 e. The number of nitrogens with zero attached hydrogens (tertiary/aromatic N) is 2. The zero-order valence-electron chi connectivity index (χ0n) is 15.5. The number of ether oxygens (including phenoxy) is 2. The zero-order valence-corrected chi connectivity index (χ0v) is 16.3. The Hall–Kier alpha value is -1.59. The Morgan fingerprint density at radius 3 is 2.59 bits per heavy atom. The molecule has 3 saturated heterocycles. The van der Waals surface area contributed by atoms with Crippen molar-refractivity contribution in [2.24, 2.45) is 0 Å². The molecule has 1 unspecified atom stereocenters. The van der Waals surface area contributed by atoms with Crippen LogP contribution in [0.25, 0.3) is 0 Å². The molecule has 1 spiro atoms. The maximum Gasteiger partial charge on any atom is 0.490 e. The van der Waals surface area contributed by atoms with Gasteiger partial charge in [-0.1, -0.05) is 0 Å². The fraction of sp³-hybridized carbons (Fsp3) is 0.667. The maximum absolute atomic E-state index is 13.6. The Balaban J connectivity index is 0.000000298. The second-order valence-corrected chi connectivity index (χ2v) is 8.77. The monoisotopic (exact) mass is 438 g/mol. The highest BCUT2D eigenvalue weighted by Crippen LogP contribution is 2.47. The van der Waals surface area contributed by atoms with Crippen LogP contribution in [0.1, 0.15) is 19.3 Å². The zero-order chi connectivity index (χ0) is 21.1. The molecule has 3 fully saturated rings. The van der Waals surface area contributed by atoms with Crippen molar-refractivity contribution >= 4 is 17.7 Å². The molecule has 0 bridgehead atoms. The average Bonchev–Trinajstić information content (AvgIpc) is 3.07. The lowest BCUT2D eigenvalue weighted by Gasteiger charge is -2.52. The van der Waals surface area contributed by atoms with Crippen molar-refractivity contribution in [3.8, 4) is 5.88 Å². The molecule has 4 heterocycles. The number of hydrogen-bond donors (Lipinski definition) is 1. The van der Waals surface area contributed by atoms with Gasteiger partial charge in [0.25, 0.3) is 5.88 Å². The molecular weight excluding hydrogens is 416 g/mol. The van der Waals surface area contributed by atoms with E-state index in [9.17, 15) is 17.6 Å². The van der Waals surface area contributed by atoms with Crippen LogP contribution in [0, 0.1) is 5.82 Å². The number of carbonyl (C=O) groups is 1. The summed E-state index contributed by atoms with van der Waals surface area (Å²) in [4.78, 5) is 15.5. The van der Waals surface area contributed by atoms with Gasteiger partial charge in [0.15, 0.2) is 5.82 Å². The number of carboxylic acid groups (broad SMARTS) is 1. The molecule has 0 radical (unpaired) electrons. The summed E-state index contributed by atoms with van der Waals surface area (Å²) in [7, 11) is 0. The van der Waals surface area contributed by atoms with Crippen molar-refractivity contribution in [1.29, 1.82) is 0 Å². The summed E-state index contributed by atoms with van der Waals surface area (Å²) < 4.78 is 56.9. The molecule has 6 nitrogen and oxygen atoms in total. The van der Waals surface area contributed by atoms with Gasteiger partial charge < -0.3 is 14.6 Å². The Kier molecular flexibility index (Phi) is 6.90. The number of likely N-dealkylation sites (tertiary alicyclic amines) is 1. The molecule has 0 aromatic carbocycles. The fourth-order valence-electron chi connectivity index (χ4n) is 3.72. The first-order valence-corrected chi connectivity index (χ1v) is 10.2. The molecule has 1 aromatic rings. The molecule has 0 saturated carbocycles. The number of thioether (sulfide) groups is 1. The third kappa shape index (κ3) is 5.73. The Bertz CT molecular complexity index is 709. The van der Waals surface area contributed by atoms with E-state index in [1.165, 1.54) is 6.07 Å². The molecule has 11 heteroatoms. The molecule has 0 aliphatic carbocycles. The Labute approximate surface area is 169 Å². The van der Waals surface area contributed by atoms with E-state index in [-0.39, 0.29) is 17.8 Å². The highest BCUT2D eigenvalue weighted by molar-refractivity contribution is 8.01. The average molecular weight is 438 g/mol. The Morgan fingerprint density at radius 1 is 1.34 bits per heavy atom. The van der Waals surface area contributed by atoms with Crippen LogP contribution in [0.2, 0.25) is 0 Å². The summed E-state index contributed by atoms with van der Waals surface area (Å²) in [6.07, 6.45) is -0.134. The quantitative estimate of drug-likeness (QED) is 0.728. The second kappa shape index (κ2) is 9.05. The molecule has 1 aromatic heterocycles. The van der Waals surface area contributed by atoms with E-state index in [4.69, 9.17) is 19.4 Å². The van der Waals surface area contributed by atoms with Crippen LogP contribution in [-0.2, 0) is 9.53 Å². The summed E-state index contributed by atoms with van der Waals surface area (Å²) in [5.74, 6) is -2.05. The van der Waals surface area contributed by atoms with Gasteiger partial charge in [-0.05, 0) is 25.0 Å². The number of aromatic nitrogens is 1. The van der Waals surface area contributed by atoms with Gasteiger partial charge in [-0.2, -0.15) is 13.2 Å². The van der Waals surface area contributed by atoms with Crippen molar-refractivity contribution in [3.05, 3.63) is 24.1 Å². The predicted octanol–water partition coefficient (Wildman–Crippen LogP) is 2.97. The molecule has 3 aliphatic rings. The number of halogens is 4. The number of hydrogen-bond acceptors (Lipinski definition) is 6. The van der Waals surface area contributed by atoms with Gasteiger partial charge in [0, 0.05) is 55.5 Å². The predicted molar refractivity (Wildman–Crippen MR) is 97.5 cm³/mol. The summed E-state index contributed by atoms with van der Waals surface area (Å²) in [5.41, 5.74) is 0. The molecule has 4 rings (SSSR count). The van der Waals surface area contributed by atoms with E-state index >= 15 is 0 Å². The van der Waals surface area contributed by atoms with Gasteiger partial charge >= 0.3 is 12.1 Å². The lowest BCUT2D eigenvalue weighted by Crippen LogP contribution is -2.62. The number of aliphatic carboxylic acids is 1. The minimum atomic E-state index is -5.08. The lowest BCUT2D eigenvalue weighted by atomic mass is 9.89. The van der Waals surface area contributed by atoms with Crippen LogP contribution in [0.5, 0.6) is 5.88 Å². The topological polar surface area (TPSA) is 71.9 Å². The molecule has 162 valence electrons. The van der Waals surface area contributed by atoms with Crippen molar-refractivity contribution in [2.75, 3.05) is 32.1 Å². The molecule has 3 aliphatic heterocycles. The number of alkyl halides is 3. The normalized spacial score (nSPS) is 24.5. The third-order valence-corrected chi connectivity index (χ3v) is 6.69. The smallest absolute Gasteiger partial charge is 0.475 e. The van der Waals surface area contributed by atoms with E-state index in [0.717, 1.165) is 51.3 Å². The maximum atomic E-state index is 13.6. The first kappa shape index (κ1) is 22.1. The van der Waals surface area contributed by atoms with E-state index in [1.54, 1.807) is 12.3 Å². The minimum absolute atomic E-state index is 0.0752. The molecule has 29 heavy (non-hydrogen) atoms. The summed E-state index contributed by atoms with van der Waals surface area (Å²) in [5, 5.41) is 7.12. The van der Waals surface area contributed by atoms with Crippen molar-refractivity contribution in [2.45, 2.75) is 42.3 Å². The lowest BCUT2D eigenvalue weighted by molar-refractivity contribution is -0.192. The molecule has 0 amide bonds. The van der Waals surface area contributed by atoms with Crippen molar-refractivity contribution in [1.82, 2.24) is 9.88 Å². The minimum Gasteiger partial charge on any atom is -0.475 e. The summed E-state index contributed by atoms with van der Waals surface area (Å²) in [6.45, 7) is 4.05. The van der Waals surface area contributed by atoms with Gasteiger partial charge in [-0.3, -0.25) is 4.90 Å². The number of pyridine rings is 1. The van der Waals surface area contributed by atoms with E-state index in [0.29, 0.717) is 10.8 Å². The number of rotatable bonds is 3. The van der Waals surface area contributed by atoms with Crippen molar-refractivity contribution in [3.63, 3.8) is 0 Å². The van der Waals surface area contributed by atoms with Gasteiger partial charge in [0.2, 0.25) is 0 Å². The fourth-order valence-corrected chi connectivity index (χ4v) is 5.26. The summed E-state index contributed by atoms with van der Waals surface area (Å²) >= 11 is 1.98. The van der Waals surface area contributed by atoms with Gasteiger partial charge in [0.1, 0.15) is 6.10 Å². The second-order valence-electron chi connectivity index (χ2n) is 7.28. The standard InChI is InChI=1S/C16H21FN2O2S.C2HF3O2/c17-14-2-1-5-18-15(14)21-13-8-16(22-9-13)10-19(11-16)12-3-6-20-7-4-12;3-2(4,5)1(6)7/h1-2,5,12-13H,3-4,6-11H2;(H,6,7). The third-order valence-electron chi connectivity index (χ3n) is 5.11. The van der Waals surface area contributed by atoms with E-state index in [1.807, 2.05) is 11.8 Å². The summed E-state index contributed by atoms with van der Waals surface area (Å²) in [6, 6.07) is 3.68. The van der Waals surface area contributed by atoms with Crippen molar-refractivity contribution < 1.29 is 36.9 Å². The molecule has 1 N–H and O–H groups in total. The van der Waals surface area contributed by atoms with Gasteiger partial charge in [0.05, 0.1) is 0 Å². The first-order valence-electron chi connectivity index (χ1n) is 9.22. The van der Waals surface area contributed by atoms with Gasteiger partial charge in [-0.25, -0.2) is 14.2 Å². The Morgan fingerprint density at radius 2 is 2.00 bits per heavy atom. The van der Waals surface area contributed by atoms with E-state index < -0.39 is 12.1 Å². The number of carboxylic acids is 1. The van der Waals surface area contributed by atoms with Crippen LogP contribution in [0.15, 0.2) is 18.3 Å². The van der Waals surface area contributed by atoms with Crippen LogP contribution in [-0.4, -0.2) is 76.1 Å². The van der Waals surface area contributed by atoms with Crippen LogP contribution < -0.4 is 4.74 Å². The van der Waals surface area contributed by atoms with Crippen LogP contribution in [0.4, 0.5) is 17.6 Å². The molecule has 1 atom stereocenters. The highest BCUT2D eigenvalue weighted by atomic mass is 32.2. The van der Waals surface area contributed by atoms with Gasteiger partial charge in [-0.15, -0.1) is 11.8 Å². The van der Waals surface area contributed by atoms with Crippen LogP contribution in [0.3, 0.4) is 0 Å². The highest BCUT2D eigenvalue weighted by Gasteiger charge is 2.51. The van der Waals surface area contributed by atoms with Crippen LogP contribution >= 0.6 is 11.8 Å². The molecular formula is C18H22F4N2O4S. The first-order chi connectivity index (χ1) is 13.7. The van der Waals surface area contributed by atoms with E-state index in [2.05, 4.69) is 9.88 Å². The SMILES string of the molecule is Fc1cccnc1OC1CSC2(C1)CN(C1CCOCC1)C2.O=C(O)C(F)(F)F.